The second kappa shape index (κ2) is 12.8. The van der Waals surface area contributed by atoms with Crippen molar-refractivity contribution < 1.29 is 9.53 Å². The Kier molecular flexibility index (Phi) is 9.24. The molecule has 186 valence electrons. The number of methoxy groups -OCH3 is 1. The minimum absolute atomic E-state index is 0.301. The van der Waals surface area contributed by atoms with E-state index in [1.807, 2.05) is 24.3 Å². The maximum Gasteiger partial charge on any atom is 0.337 e. The number of pyridine rings is 1. The van der Waals surface area contributed by atoms with Gasteiger partial charge < -0.3 is 15.4 Å². The van der Waals surface area contributed by atoms with Crippen LogP contribution in [0.15, 0.2) is 42.5 Å². The van der Waals surface area contributed by atoms with Crippen LogP contribution in [0.4, 0.5) is 11.4 Å². The predicted molar refractivity (Wildman–Crippen MR) is 146 cm³/mol. The van der Waals surface area contributed by atoms with Crippen LogP contribution in [-0.4, -0.2) is 31.2 Å². The van der Waals surface area contributed by atoms with Gasteiger partial charge in [0.05, 0.1) is 18.2 Å². The van der Waals surface area contributed by atoms with Gasteiger partial charge in [-0.3, -0.25) is 4.98 Å². The molecule has 0 saturated heterocycles. The molecule has 4 rings (SSSR count). The highest BCUT2D eigenvalue weighted by molar-refractivity contribution is 6.31. The van der Waals surface area contributed by atoms with E-state index in [2.05, 4.69) is 16.7 Å². The summed E-state index contributed by atoms with van der Waals surface area (Å²) in [5.74, 6) is -0.301. The molecule has 0 bridgehead atoms. The quantitative estimate of drug-likeness (QED) is 0.203. The number of carbonyl (C=O) groups is 1. The number of aromatic nitrogens is 1. The van der Waals surface area contributed by atoms with Crippen molar-refractivity contribution in [1.82, 2.24) is 4.98 Å². The van der Waals surface area contributed by atoms with E-state index in [9.17, 15) is 4.79 Å². The van der Waals surface area contributed by atoms with Crippen LogP contribution in [0.2, 0.25) is 5.02 Å². The molecule has 35 heavy (non-hydrogen) atoms. The van der Waals surface area contributed by atoms with Crippen molar-refractivity contribution in [2.75, 3.05) is 30.8 Å². The second-order valence-corrected chi connectivity index (χ2v) is 9.76. The molecule has 0 unspecified atom stereocenters. The van der Waals surface area contributed by atoms with Gasteiger partial charge in [0.2, 0.25) is 0 Å². The van der Waals surface area contributed by atoms with Crippen LogP contribution in [0.25, 0.3) is 10.9 Å². The zero-order valence-electron chi connectivity index (χ0n) is 20.7. The zero-order chi connectivity index (χ0) is 24.5. The second-order valence-electron chi connectivity index (χ2n) is 9.32. The summed E-state index contributed by atoms with van der Waals surface area (Å²) in [4.78, 5) is 16.4. The highest BCUT2D eigenvalue weighted by atomic mass is 35.5. The van der Waals surface area contributed by atoms with E-state index >= 15 is 0 Å². The number of nitrogens with one attached hydrogen (secondary N) is 2. The lowest BCUT2D eigenvalue weighted by Gasteiger charge is -2.22. The molecule has 0 amide bonds. The molecule has 1 aromatic heterocycles. The van der Waals surface area contributed by atoms with E-state index in [1.165, 1.54) is 74.4 Å². The number of fused-ring (bicyclic) bond motifs is 2. The minimum Gasteiger partial charge on any atom is -0.465 e. The summed E-state index contributed by atoms with van der Waals surface area (Å²) in [6.45, 7) is 1.95. The third-order valence-corrected chi connectivity index (χ3v) is 7.00. The molecule has 5 nitrogen and oxygen atoms in total. The monoisotopic (exact) mass is 493 g/mol. The Balaban J connectivity index is 1.14. The maximum absolute atomic E-state index is 11.5. The SMILES string of the molecule is COC(=O)c1ccc(NCCCCCCCCNc2c3c(nc4cc(Cl)ccc24)CCCC3)cc1. The number of benzene rings is 2. The van der Waals surface area contributed by atoms with Gasteiger partial charge in [-0.15, -0.1) is 0 Å². The van der Waals surface area contributed by atoms with Crippen LogP contribution in [-0.2, 0) is 17.6 Å². The molecule has 1 aliphatic rings. The number of hydrogen-bond donors (Lipinski definition) is 2. The third kappa shape index (κ3) is 6.88. The zero-order valence-corrected chi connectivity index (χ0v) is 21.4. The highest BCUT2D eigenvalue weighted by Gasteiger charge is 2.18. The maximum atomic E-state index is 11.5. The van der Waals surface area contributed by atoms with E-state index in [-0.39, 0.29) is 5.97 Å². The van der Waals surface area contributed by atoms with Crippen LogP contribution < -0.4 is 10.6 Å². The Labute approximate surface area is 213 Å². The molecule has 1 heterocycles. The summed E-state index contributed by atoms with van der Waals surface area (Å²) in [5.41, 5.74) is 6.58. The van der Waals surface area contributed by atoms with Crippen molar-refractivity contribution >= 4 is 39.8 Å². The fourth-order valence-electron chi connectivity index (χ4n) is 4.85. The number of unbranched alkanes of at least 4 members (excludes halogenated alkanes) is 5. The summed E-state index contributed by atoms with van der Waals surface area (Å²) in [6, 6.07) is 13.5. The molecule has 0 spiro atoms. The lowest BCUT2D eigenvalue weighted by Crippen LogP contribution is -2.12. The highest BCUT2D eigenvalue weighted by Crippen LogP contribution is 2.34. The van der Waals surface area contributed by atoms with Gasteiger partial charge >= 0.3 is 5.97 Å². The Bertz CT molecular complexity index is 1130. The van der Waals surface area contributed by atoms with Crippen molar-refractivity contribution in [3.05, 3.63) is 64.3 Å². The minimum atomic E-state index is -0.301. The predicted octanol–water partition coefficient (Wildman–Crippen LogP) is 7.42. The van der Waals surface area contributed by atoms with Crippen LogP contribution in [0.3, 0.4) is 0 Å². The van der Waals surface area contributed by atoms with E-state index in [1.54, 1.807) is 12.1 Å². The van der Waals surface area contributed by atoms with Crippen LogP contribution in [0.5, 0.6) is 0 Å². The van der Waals surface area contributed by atoms with Gasteiger partial charge in [0.15, 0.2) is 0 Å². The Hall–Kier alpha value is -2.79. The van der Waals surface area contributed by atoms with Crippen molar-refractivity contribution in [3.63, 3.8) is 0 Å². The van der Waals surface area contributed by atoms with Crippen molar-refractivity contribution in [2.24, 2.45) is 0 Å². The number of ether oxygens (including phenoxy) is 1. The molecule has 0 atom stereocenters. The number of rotatable bonds is 12. The van der Waals surface area contributed by atoms with Crippen molar-refractivity contribution in [1.29, 1.82) is 0 Å². The Morgan fingerprint density at radius 1 is 0.914 bits per heavy atom. The number of halogens is 1. The topological polar surface area (TPSA) is 63.2 Å². The molecule has 0 fully saturated rings. The van der Waals surface area contributed by atoms with Gasteiger partial charge in [0.25, 0.3) is 0 Å². The molecule has 0 aliphatic heterocycles. The molecular formula is C29H36ClN3O2. The number of carbonyl (C=O) groups excluding carboxylic acids is 1. The van der Waals surface area contributed by atoms with Gasteiger partial charge in [-0.05, 0) is 86.6 Å². The van der Waals surface area contributed by atoms with Gasteiger partial charge in [-0.1, -0.05) is 37.3 Å². The van der Waals surface area contributed by atoms with Crippen molar-refractivity contribution in [3.8, 4) is 0 Å². The lowest BCUT2D eigenvalue weighted by molar-refractivity contribution is 0.0601. The largest absolute Gasteiger partial charge is 0.465 e. The number of nitrogens with zero attached hydrogens (tertiary/aromatic N) is 1. The van der Waals surface area contributed by atoms with Crippen molar-refractivity contribution in [2.45, 2.75) is 64.2 Å². The van der Waals surface area contributed by atoms with E-state index in [0.29, 0.717) is 5.56 Å². The smallest absolute Gasteiger partial charge is 0.337 e. The molecule has 1 aliphatic carbocycles. The normalized spacial score (nSPS) is 12.9. The first-order chi connectivity index (χ1) is 17.2. The lowest BCUT2D eigenvalue weighted by atomic mass is 9.92. The first kappa shape index (κ1) is 25.3. The molecular weight excluding hydrogens is 458 g/mol. The fourth-order valence-corrected chi connectivity index (χ4v) is 5.01. The fraction of sp³-hybridized carbons (Fsp3) is 0.448. The average molecular weight is 494 g/mol. The Morgan fingerprint density at radius 3 is 2.34 bits per heavy atom. The van der Waals surface area contributed by atoms with E-state index in [0.717, 1.165) is 48.6 Å². The molecule has 6 heteroatoms. The molecule has 2 N–H and O–H groups in total. The summed E-state index contributed by atoms with van der Waals surface area (Å²) >= 11 is 6.23. The number of esters is 1. The van der Waals surface area contributed by atoms with E-state index in [4.69, 9.17) is 21.3 Å². The van der Waals surface area contributed by atoms with Crippen LogP contribution in [0, 0.1) is 0 Å². The molecule has 0 radical (unpaired) electrons. The van der Waals surface area contributed by atoms with Crippen LogP contribution in [0.1, 0.15) is 73.0 Å². The molecule has 0 saturated carbocycles. The van der Waals surface area contributed by atoms with E-state index < -0.39 is 0 Å². The van der Waals surface area contributed by atoms with Gasteiger partial charge in [-0.25, -0.2) is 4.79 Å². The average Bonchev–Trinajstić information content (AvgIpc) is 2.88. The Morgan fingerprint density at radius 2 is 1.60 bits per heavy atom. The number of anilines is 2. The van der Waals surface area contributed by atoms with Gasteiger partial charge in [-0.2, -0.15) is 0 Å². The molecule has 3 aromatic rings. The third-order valence-electron chi connectivity index (χ3n) is 6.77. The van der Waals surface area contributed by atoms with Gasteiger partial charge in [0.1, 0.15) is 0 Å². The summed E-state index contributed by atoms with van der Waals surface area (Å²) in [5, 5.41) is 9.13. The first-order valence-corrected chi connectivity index (χ1v) is 13.3. The van der Waals surface area contributed by atoms with Gasteiger partial charge in [0, 0.05) is 40.6 Å². The van der Waals surface area contributed by atoms with Crippen LogP contribution >= 0.6 is 11.6 Å². The summed E-state index contributed by atoms with van der Waals surface area (Å²) < 4.78 is 4.73. The summed E-state index contributed by atoms with van der Waals surface area (Å²) in [7, 11) is 1.40. The number of hydrogen-bond acceptors (Lipinski definition) is 5. The molecule has 2 aromatic carbocycles. The summed E-state index contributed by atoms with van der Waals surface area (Å²) in [6.07, 6.45) is 12.0. The number of aryl methyl sites for hydroxylation is 1. The standard InChI is InChI=1S/C29H36ClN3O2/c1-35-29(34)21-12-15-23(16-13-21)31-18-8-4-2-3-5-9-19-32-28-24-10-6-7-11-26(24)33-27-20-22(30)14-17-25(27)28/h12-17,20,31H,2-11,18-19H2,1H3,(H,32,33). The first-order valence-electron chi connectivity index (χ1n) is 12.9.